The van der Waals surface area contributed by atoms with Gasteiger partial charge in [0, 0.05) is 45.8 Å². The van der Waals surface area contributed by atoms with Crippen LogP contribution in [0, 0.1) is 5.92 Å². The van der Waals surface area contributed by atoms with Gasteiger partial charge in [0.15, 0.2) is 0 Å². The molecule has 0 aliphatic carbocycles. The first-order valence-corrected chi connectivity index (χ1v) is 13.1. The Labute approximate surface area is 188 Å². The van der Waals surface area contributed by atoms with Gasteiger partial charge in [-0.25, -0.2) is 8.42 Å². The Morgan fingerprint density at radius 3 is 2.52 bits per heavy atom. The van der Waals surface area contributed by atoms with Crippen LogP contribution in [-0.4, -0.2) is 74.2 Å². The van der Waals surface area contributed by atoms with Crippen molar-refractivity contribution in [3.05, 3.63) is 59.5 Å². The van der Waals surface area contributed by atoms with Crippen LogP contribution in [0.2, 0.25) is 0 Å². The van der Waals surface area contributed by atoms with Gasteiger partial charge >= 0.3 is 0 Å². The monoisotopic (exact) mass is 459 g/mol. The molecule has 3 heterocycles. The number of thiophene rings is 1. The SMILES string of the molecule is O=C(C1CCCN(S(=O)(=O)c2cccs2)C1)N1CCN(C/C=C/c2ccccc2)CC1. The lowest BCUT2D eigenvalue weighted by Gasteiger charge is -2.38. The molecule has 0 radical (unpaired) electrons. The summed E-state index contributed by atoms with van der Waals surface area (Å²) in [6.07, 6.45) is 5.78. The first-order chi connectivity index (χ1) is 15.0. The largest absolute Gasteiger partial charge is 0.340 e. The summed E-state index contributed by atoms with van der Waals surface area (Å²) in [6, 6.07) is 13.6. The molecule has 1 amide bonds. The van der Waals surface area contributed by atoms with Crippen molar-refractivity contribution < 1.29 is 13.2 Å². The molecule has 1 aromatic carbocycles. The number of piperazine rings is 1. The Morgan fingerprint density at radius 2 is 1.81 bits per heavy atom. The van der Waals surface area contributed by atoms with Crippen LogP contribution in [0.4, 0.5) is 0 Å². The molecule has 4 rings (SSSR count). The zero-order valence-electron chi connectivity index (χ0n) is 17.6. The number of hydrogen-bond acceptors (Lipinski definition) is 5. The van der Waals surface area contributed by atoms with E-state index in [1.807, 2.05) is 23.1 Å². The van der Waals surface area contributed by atoms with Crippen LogP contribution >= 0.6 is 11.3 Å². The highest BCUT2D eigenvalue weighted by Crippen LogP contribution is 2.27. The summed E-state index contributed by atoms with van der Waals surface area (Å²) in [6.45, 7) is 4.74. The number of benzene rings is 1. The van der Waals surface area contributed by atoms with E-state index in [0.717, 1.165) is 32.5 Å². The average Bonchev–Trinajstić information content (AvgIpc) is 3.36. The molecule has 1 unspecified atom stereocenters. The number of nitrogens with zero attached hydrogens (tertiary/aromatic N) is 3. The number of sulfonamides is 1. The predicted molar refractivity (Wildman–Crippen MR) is 124 cm³/mol. The summed E-state index contributed by atoms with van der Waals surface area (Å²) in [5.74, 6) is -0.140. The van der Waals surface area contributed by atoms with Crippen LogP contribution in [0.3, 0.4) is 0 Å². The number of piperidine rings is 1. The van der Waals surface area contributed by atoms with Gasteiger partial charge in [0.2, 0.25) is 5.91 Å². The second-order valence-electron chi connectivity index (χ2n) is 8.07. The third kappa shape index (κ3) is 5.44. The van der Waals surface area contributed by atoms with Crippen molar-refractivity contribution >= 4 is 33.3 Å². The van der Waals surface area contributed by atoms with Gasteiger partial charge in [-0.1, -0.05) is 48.6 Å². The molecule has 1 aromatic heterocycles. The lowest BCUT2D eigenvalue weighted by Crippen LogP contribution is -2.52. The molecular formula is C23H29N3O3S2. The molecule has 1 atom stereocenters. The molecular weight excluding hydrogens is 430 g/mol. The van der Waals surface area contributed by atoms with Crippen molar-refractivity contribution in [3.63, 3.8) is 0 Å². The predicted octanol–water partition coefficient (Wildman–Crippen LogP) is 3.01. The van der Waals surface area contributed by atoms with Crippen LogP contribution < -0.4 is 0 Å². The first kappa shape index (κ1) is 22.2. The standard InChI is InChI=1S/C23H29N3O3S2/c27-23(21-10-5-13-26(19-21)31(28,29)22-11-6-18-30-22)25-16-14-24(15-17-25)12-4-9-20-7-2-1-3-8-20/h1-4,6-9,11,18,21H,5,10,12-17,19H2/b9-4+. The van der Waals surface area contributed by atoms with Crippen molar-refractivity contribution in [1.82, 2.24) is 14.1 Å². The molecule has 31 heavy (non-hydrogen) atoms. The van der Waals surface area contributed by atoms with Crippen molar-refractivity contribution in [2.75, 3.05) is 45.8 Å². The summed E-state index contributed by atoms with van der Waals surface area (Å²) < 4.78 is 27.5. The zero-order chi connectivity index (χ0) is 21.7. The fourth-order valence-corrected chi connectivity index (χ4v) is 6.88. The van der Waals surface area contributed by atoms with E-state index in [9.17, 15) is 13.2 Å². The van der Waals surface area contributed by atoms with Gasteiger partial charge in [-0.3, -0.25) is 9.69 Å². The van der Waals surface area contributed by atoms with Gasteiger partial charge in [-0.05, 0) is 29.9 Å². The van der Waals surface area contributed by atoms with Crippen LogP contribution in [0.25, 0.3) is 6.08 Å². The Kier molecular flexibility index (Phi) is 7.22. The lowest BCUT2D eigenvalue weighted by molar-refractivity contribution is -0.138. The summed E-state index contributed by atoms with van der Waals surface area (Å²) >= 11 is 1.23. The molecule has 8 heteroatoms. The Bertz CT molecular complexity index is 982. The molecule has 166 valence electrons. The second kappa shape index (κ2) is 10.1. The Balaban J connectivity index is 1.28. The van der Waals surface area contributed by atoms with E-state index >= 15 is 0 Å². The number of carbonyl (C=O) groups is 1. The Hall–Kier alpha value is -2.00. The highest BCUT2D eigenvalue weighted by atomic mass is 32.2. The second-order valence-corrected chi connectivity index (χ2v) is 11.2. The maximum atomic E-state index is 13.1. The molecule has 2 aliphatic rings. The van der Waals surface area contributed by atoms with Gasteiger partial charge in [0.25, 0.3) is 10.0 Å². The highest BCUT2D eigenvalue weighted by Gasteiger charge is 2.36. The fraction of sp³-hybridized carbons (Fsp3) is 0.435. The topological polar surface area (TPSA) is 60.9 Å². The van der Waals surface area contributed by atoms with Gasteiger partial charge in [-0.2, -0.15) is 4.31 Å². The van der Waals surface area contributed by atoms with E-state index < -0.39 is 10.0 Å². The maximum absolute atomic E-state index is 13.1. The summed E-state index contributed by atoms with van der Waals surface area (Å²) in [5.41, 5.74) is 1.19. The lowest BCUT2D eigenvalue weighted by atomic mass is 9.98. The van der Waals surface area contributed by atoms with E-state index in [0.29, 0.717) is 30.4 Å². The fourth-order valence-electron chi connectivity index (χ4n) is 4.21. The minimum atomic E-state index is -3.49. The summed E-state index contributed by atoms with van der Waals surface area (Å²) in [7, 11) is -3.49. The molecule has 0 saturated carbocycles. The third-order valence-electron chi connectivity index (χ3n) is 5.98. The quantitative estimate of drug-likeness (QED) is 0.666. The number of rotatable bonds is 6. The molecule has 0 bridgehead atoms. The smallest absolute Gasteiger partial charge is 0.252 e. The minimum Gasteiger partial charge on any atom is -0.340 e. The van der Waals surface area contributed by atoms with Gasteiger partial charge in [-0.15, -0.1) is 11.3 Å². The van der Waals surface area contributed by atoms with Crippen LogP contribution in [0.15, 0.2) is 58.1 Å². The molecule has 2 fully saturated rings. The van der Waals surface area contributed by atoms with Crippen molar-refractivity contribution in [2.45, 2.75) is 17.1 Å². The number of amides is 1. The summed E-state index contributed by atoms with van der Waals surface area (Å²) in [5, 5.41) is 1.77. The van der Waals surface area contributed by atoms with Crippen molar-refractivity contribution in [3.8, 4) is 0 Å². The van der Waals surface area contributed by atoms with Gasteiger partial charge < -0.3 is 4.90 Å². The molecule has 6 nitrogen and oxygen atoms in total. The summed E-state index contributed by atoms with van der Waals surface area (Å²) in [4.78, 5) is 17.4. The molecule has 2 saturated heterocycles. The molecule has 2 aromatic rings. The highest BCUT2D eigenvalue weighted by molar-refractivity contribution is 7.91. The number of hydrogen-bond donors (Lipinski definition) is 0. The molecule has 0 spiro atoms. The van der Waals surface area contributed by atoms with E-state index in [4.69, 9.17) is 0 Å². The minimum absolute atomic E-state index is 0.102. The van der Waals surface area contributed by atoms with E-state index in [1.54, 1.807) is 17.5 Å². The number of carbonyl (C=O) groups excluding carboxylic acids is 1. The van der Waals surface area contributed by atoms with Gasteiger partial charge in [0.05, 0.1) is 5.92 Å². The van der Waals surface area contributed by atoms with Crippen LogP contribution in [0.5, 0.6) is 0 Å². The van der Waals surface area contributed by atoms with E-state index in [-0.39, 0.29) is 11.8 Å². The van der Waals surface area contributed by atoms with E-state index in [2.05, 4.69) is 29.2 Å². The molecule has 2 aliphatic heterocycles. The maximum Gasteiger partial charge on any atom is 0.252 e. The normalized spacial score (nSPS) is 21.5. The first-order valence-electron chi connectivity index (χ1n) is 10.8. The van der Waals surface area contributed by atoms with Crippen LogP contribution in [-0.2, 0) is 14.8 Å². The van der Waals surface area contributed by atoms with Crippen molar-refractivity contribution in [2.24, 2.45) is 5.92 Å². The van der Waals surface area contributed by atoms with E-state index in [1.165, 1.54) is 21.2 Å². The third-order valence-corrected chi connectivity index (χ3v) is 9.22. The van der Waals surface area contributed by atoms with Crippen LogP contribution in [0.1, 0.15) is 18.4 Å². The Morgan fingerprint density at radius 1 is 1.03 bits per heavy atom. The molecule has 0 N–H and O–H groups in total. The zero-order valence-corrected chi connectivity index (χ0v) is 19.2. The van der Waals surface area contributed by atoms with Crippen molar-refractivity contribution in [1.29, 1.82) is 0 Å². The van der Waals surface area contributed by atoms with Gasteiger partial charge in [0.1, 0.15) is 4.21 Å². The average molecular weight is 460 g/mol.